The molecule has 0 aliphatic carbocycles. The van der Waals surface area contributed by atoms with Crippen molar-refractivity contribution < 1.29 is 28.6 Å². The molecular weight excluding hydrogens is 636 g/mol. The van der Waals surface area contributed by atoms with Crippen LogP contribution < -0.4 is 0 Å². The van der Waals surface area contributed by atoms with Crippen LogP contribution in [-0.2, 0) is 28.6 Å². The topological polar surface area (TPSA) is 78.9 Å². The highest BCUT2D eigenvalue weighted by atomic mass is 16.6. The van der Waals surface area contributed by atoms with Crippen LogP contribution in [0.2, 0.25) is 0 Å². The van der Waals surface area contributed by atoms with Gasteiger partial charge in [0, 0.05) is 19.3 Å². The van der Waals surface area contributed by atoms with Gasteiger partial charge in [0.2, 0.25) is 0 Å². The zero-order chi connectivity index (χ0) is 37.3. The summed E-state index contributed by atoms with van der Waals surface area (Å²) in [5, 5.41) is 0. The Kier molecular flexibility index (Phi) is 39.0. The van der Waals surface area contributed by atoms with Gasteiger partial charge in [0.25, 0.3) is 0 Å². The number of hydrogen-bond donors (Lipinski definition) is 0. The Morgan fingerprint density at radius 1 is 0.373 bits per heavy atom. The molecule has 0 amide bonds. The summed E-state index contributed by atoms with van der Waals surface area (Å²) in [6, 6.07) is 0. The molecule has 0 fully saturated rings. The standard InChI is InChI=1S/C45H82O6/c1-4-7-10-13-16-19-22-23-24-27-29-32-35-38-44(47)50-41-42(51-45(48)39-36-33-30-26-21-18-15-12-9-6-3)40-49-43(46)37-34-31-28-25-20-17-14-11-8-5-2/h11-12,14-15,42H,4-10,13,16-41H2,1-3H3/b14-11-,15-12-. The van der Waals surface area contributed by atoms with Crippen LogP contribution in [-0.4, -0.2) is 37.2 Å². The predicted molar refractivity (Wildman–Crippen MR) is 215 cm³/mol. The molecule has 0 aromatic carbocycles. The van der Waals surface area contributed by atoms with Crippen molar-refractivity contribution in [2.24, 2.45) is 0 Å². The highest BCUT2D eigenvalue weighted by molar-refractivity contribution is 5.71. The molecule has 0 bridgehead atoms. The molecule has 0 aromatic heterocycles. The van der Waals surface area contributed by atoms with E-state index in [2.05, 4.69) is 45.1 Å². The van der Waals surface area contributed by atoms with Crippen LogP contribution in [0.5, 0.6) is 0 Å². The quantitative estimate of drug-likeness (QED) is 0.0272. The summed E-state index contributed by atoms with van der Waals surface area (Å²) in [7, 11) is 0. The molecule has 6 heteroatoms. The first-order valence-corrected chi connectivity index (χ1v) is 21.8. The van der Waals surface area contributed by atoms with E-state index in [0.717, 1.165) is 89.9 Å². The van der Waals surface area contributed by atoms with Crippen LogP contribution in [0.25, 0.3) is 0 Å². The maximum Gasteiger partial charge on any atom is 0.306 e. The lowest BCUT2D eigenvalue weighted by molar-refractivity contribution is -0.167. The maximum atomic E-state index is 12.6. The number of rotatable bonds is 39. The fourth-order valence-corrected chi connectivity index (χ4v) is 6.09. The third kappa shape index (κ3) is 38.9. The second-order valence-electron chi connectivity index (χ2n) is 14.6. The van der Waals surface area contributed by atoms with E-state index in [0.29, 0.717) is 19.3 Å². The van der Waals surface area contributed by atoms with Gasteiger partial charge in [-0.15, -0.1) is 0 Å². The minimum absolute atomic E-state index is 0.0749. The normalized spacial score (nSPS) is 12.1. The first-order valence-electron chi connectivity index (χ1n) is 21.8. The van der Waals surface area contributed by atoms with E-state index in [1.165, 1.54) is 96.3 Å². The molecule has 0 aliphatic heterocycles. The highest BCUT2D eigenvalue weighted by Gasteiger charge is 2.19. The SMILES string of the molecule is CCC/C=C\CCCCCCCC(=O)OCC(COC(=O)CCCCCCCCCCCCCCC)OC(=O)CCCCCCC/C=C\CCC. The monoisotopic (exact) mass is 719 g/mol. The lowest BCUT2D eigenvalue weighted by Crippen LogP contribution is -2.30. The third-order valence-electron chi connectivity index (χ3n) is 9.39. The van der Waals surface area contributed by atoms with Crippen LogP contribution in [0.1, 0.15) is 226 Å². The molecule has 51 heavy (non-hydrogen) atoms. The minimum atomic E-state index is -0.771. The maximum absolute atomic E-state index is 12.6. The molecule has 0 N–H and O–H groups in total. The van der Waals surface area contributed by atoms with Crippen LogP contribution >= 0.6 is 0 Å². The second-order valence-corrected chi connectivity index (χ2v) is 14.6. The summed E-state index contributed by atoms with van der Waals surface area (Å²) in [5.41, 5.74) is 0. The Bertz CT molecular complexity index is 835. The second kappa shape index (κ2) is 40.7. The van der Waals surface area contributed by atoms with Gasteiger partial charge in [-0.25, -0.2) is 0 Å². The first kappa shape index (κ1) is 48.9. The number of ether oxygens (including phenoxy) is 3. The summed E-state index contributed by atoms with van der Waals surface area (Å²) < 4.78 is 16.6. The Balaban J connectivity index is 4.35. The molecule has 0 spiro atoms. The van der Waals surface area contributed by atoms with Crippen molar-refractivity contribution in [2.75, 3.05) is 13.2 Å². The van der Waals surface area contributed by atoms with Gasteiger partial charge in [-0.05, 0) is 57.8 Å². The van der Waals surface area contributed by atoms with E-state index in [1.807, 2.05) is 0 Å². The lowest BCUT2D eigenvalue weighted by Gasteiger charge is -2.18. The highest BCUT2D eigenvalue weighted by Crippen LogP contribution is 2.14. The summed E-state index contributed by atoms with van der Waals surface area (Å²) in [4.78, 5) is 37.6. The van der Waals surface area contributed by atoms with Crippen molar-refractivity contribution >= 4 is 17.9 Å². The van der Waals surface area contributed by atoms with Gasteiger partial charge in [-0.1, -0.05) is 173 Å². The van der Waals surface area contributed by atoms with Gasteiger partial charge in [0.15, 0.2) is 6.10 Å². The van der Waals surface area contributed by atoms with Gasteiger partial charge in [-0.3, -0.25) is 14.4 Å². The average Bonchev–Trinajstić information content (AvgIpc) is 3.12. The molecule has 1 unspecified atom stereocenters. The fraction of sp³-hybridized carbons (Fsp3) is 0.844. The van der Waals surface area contributed by atoms with Crippen molar-refractivity contribution in [2.45, 2.75) is 232 Å². The number of carbonyl (C=O) groups excluding carboxylic acids is 3. The van der Waals surface area contributed by atoms with Crippen LogP contribution in [0.15, 0.2) is 24.3 Å². The van der Waals surface area contributed by atoms with E-state index < -0.39 is 6.10 Å². The molecule has 0 saturated heterocycles. The van der Waals surface area contributed by atoms with Crippen LogP contribution in [0.3, 0.4) is 0 Å². The Morgan fingerprint density at radius 2 is 0.686 bits per heavy atom. The Hall–Kier alpha value is -2.11. The summed E-state index contributed by atoms with van der Waals surface area (Å²) in [6.45, 7) is 6.49. The van der Waals surface area contributed by atoms with E-state index in [9.17, 15) is 14.4 Å². The number of unbranched alkanes of at least 4 members (excludes halogenated alkanes) is 24. The zero-order valence-corrected chi connectivity index (χ0v) is 33.9. The number of esters is 3. The van der Waals surface area contributed by atoms with Gasteiger partial charge in [-0.2, -0.15) is 0 Å². The van der Waals surface area contributed by atoms with Crippen LogP contribution in [0, 0.1) is 0 Å². The molecule has 0 heterocycles. The summed E-state index contributed by atoms with van der Waals surface area (Å²) in [6.07, 6.45) is 43.0. The summed E-state index contributed by atoms with van der Waals surface area (Å²) >= 11 is 0. The van der Waals surface area contributed by atoms with E-state index in [-0.39, 0.29) is 31.1 Å². The van der Waals surface area contributed by atoms with E-state index >= 15 is 0 Å². The molecular formula is C45H82O6. The fourth-order valence-electron chi connectivity index (χ4n) is 6.09. The first-order chi connectivity index (χ1) is 25.0. The molecule has 6 nitrogen and oxygen atoms in total. The summed E-state index contributed by atoms with van der Waals surface area (Å²) in [5.74, 6) is -0.896. The number of carbonyl (C=O) groups is 3. The number of hydrogen-bond acceptors (Lipinski definition) is 6. The van der Waals surface area contributed by atoms with Crippen molar-refractivity contribution in [3.8, 4) is 0 Å². The van der Waals surface area contributed by atoms with Crippen molar-refractivity contribution in [1.29, 1.82) is 0 Å². The van der Waals surface area contributed by atoms with E-state index in [4.69, 9.17) is 14.2 Å². The molecule has 1 atom stereocenters. The number of allylic oxidation sites excluding steroid dienone is 4. The van der Waals surface area contributed by atoms with Gasteiger partial charge >= 0.3 is 17.9 Å². The van der Waals surface area contributed by atoms with Gasteiger partial charge in [0.1, 0.15) is 13.2 Å². The van der Waals surface area contributed by atoms with Gasteiger partial charge in [0.05, 0.1) is 0 Å². The molecule has 0 aliphatic rings. The zero-order valence-electron chi connectivity index (χ0n) is 33.9. The van der Waals surface area contributed by atoms with Crippen LogP contribution in [0.4, 0.5) is 0 Å². The van der Waals surface area contributed by atoms with Gasteiger partial charge < -0.3 is 14.2 Å². The Morgan fingerprint density at radius 3 is 1.06 bits per heavy atom. The molecule has 0 aromatic rings. The van der Waals surface area contributed by atoms with Crippen molar-refractivity contribution in [1.82, 2.24) is 0 Å². The minimum Gasteiger partial charge on any atom is -0.462 e. The van der Waals surface area contributed by atoms with E-state index in [1.54, 1.807) is 0 Å². The smallest absolute Gasteiger partial charge is 0.306 e. The predicted octanol–water partition coefficient (Wildman–Crippen LogP) is 13.6. The average molecular weight is 719 g/mol. The Labute approximate surface area is 315 Å². The lowest BCUT2D eigenvalue weighted by atomic mass is 10.0. The molecule has 298 valence electrons. The largest absolute Gasteiger partial charge is 0.462 e. The third-order valence-corrected chi connectivity index (χ3v) is 9.39. The van der Waals surface area contributed by atoms with Crippen molar-refractivity contribution in [3.63, 3.8) is 0 Å². The van der Waals surface area contributed by atoms with Crippen molar-refractivity contribution in [3.05, 3.63) is 24.3 Å². The molecule has 0 saturated carbocycles. The molecule has 0 radical (unpaired) electrons. The molecule has 0 rings (SSSR count).